The molecule has 9 heteroatoms. The van der Waals surface area contributed by atoms with Gasteiger partial charge in [-0.05, 0) is 47.1 Å². The predicted molar refractivity (Wildman–Crippen MR) is 99.5 cm³/mol. The molecule has 0 aliphatic rings. The minimum atomic E-state index is -0.313. The number of halogens is 1. The van der Waals surface area contributed by atoms with Gasteiger partial charge in [0.15, 0.2) is 5.82 Å². The highest BCUT2D eigenvalue weighted by Gasteiger charge is 2.11. The number of hydrogen-bond acceptors (Lipinski definition) is 5. The van der Waals surface area contributed by atoms with Crippen molar-refractivity contribution < 1.29 is 9.59 Å². The lowest BCUT2D eigenvalue weighted by Crippen LogP contribution is -2.32. The number of amides is 2. The number of nitrogens with one attached hydrogen (secondary N) is 3. The van der Waals surface area contributed by atoms with E-state index < -0.39 is 0 Å². The van der Waals surface area contributed by atoms with Crippen LogP contribution in [0.25, 0.3) is 11.4 Å². The second-order valence-electron chi connectivity index (χ2n) is 5.16. The van der Waals surface area contributed by atoms with Gasteiger partial charge in [-0.3, -0.25) is 14.7 Å². The van der Waals surface area contributed by atoms with E-state index in [0.29, 0.717) is 22.2 Å². The van der Waals surface area contributed by atoms with Crippen molar-refractivity contribution in [2.24, 2.45) is 0 Å². The van der Waals surface area contributed by atoms with Crippen LogP contribution in [0.2, 0.25) is 0 Å². The number of rotatable bonds is 5. The van der Waals surface area contributed by atoms with Crippen LogP contribution in [0.1, 0.15) is 15.5 Å². The molecule has 0 spiro atoms. The van der Waals surface area contributed by atoms with Crippen LogP contribution in [0.5, 0.6) is 0 Å². The number of benzene rings is 1. The molecule has 0 bridgehead atoms. The molecule has 128 valence electrons. The van der Waals surface area contributed by atoms with E-state index in [1.165, 1.54) is 11.3 Å². The van der Waals surface area contributed by atoms with Gasteiger partial charge in [0.2, 0.25) is 5.91 Å². The Bertz CT molecular complexity index is 921. The molecule has 1 aromatic carbocycles. The maximum atomic E-state index is 12.0. The van der Waals surface area contributed by atoms with Crippen LogP contribution < -0.4 is 10.6 Å². The fourth-order valence-corrected chi connectivity index (χ4v) is 3.40. The van der Waals surface area contributed by atoms with Crippen molar-refractivity contribution in [2.45, 2.75) is 6.92 Å². The number of hydrogen-bond donors (Lipinski definition) is 3. The number of carbonyl (C=O) groups excluding carboxylic acids is 2. The fraction of sp³-hybridized carbons (Fsp3) is 0.125. The van der Waals surface area contributed by atoms with E-state index >= 15 is 0 Å². The highest BCUT2D eigenvalue weighted by molar-refractivity contribution is 9.11. The van der Waals surface area contributed by atoms with E-state index in [0.717, 1.165) is 9.35 Å². The van der Waals surface area contributed by atoms with Crippen LogP contribution in [0, 0.1) is 6.92 Å². The van der Waals surface area contributed by atoms with Gasteiger partial charge >= 0.3 is 0 Å². The maximum Gasteiger partial charge on any atom is 0.261 e. The lowest BCUT2D eigenvalue weighted by Gasteiger charge is -2.07. The van der Waals surface area contributed by atoms with Crippen molar-refractivity contribution in [3.8, 4) is 11.4 Å². The SMILES string of the molecule is Cc1nc(-c2cccc(NC(=O)CNC(=O)c3ccc(Br)s3)c2)n[nH]1. The fourth-order valence-electron chi connectivity index (χ4n) is 2.10. The number of H-pyrrole nitrogens is 1. The largest absolute Gasteiger partial charge is 0.342 e. The Hall–Kier alpha value is -2.52. The summed E-state index contributed by atoms with van der Waals surface area (Å²) in [6.45, 7) is 1.70. The Balaban J connectivity index is 1.58. The van der Waals surface area contributed by atoms with Gasteiger partial charge in [0.25, 0.3) is 5.91 Å². The van der Waals surface area contributed by atoms with Crippen LogP contribution in [0.3, 0.4) is 0 Å². The van der Waals surface area contributed by atoms with Crippen molar-refractivity contribution in [1.82, 2.24) is 20.5 Å². The average molecular weight is 420 g/mol. The second-order valence-corrected chi connectivity index (χ2v) is 7.62. The molecule has 0 unspecified atom stereocenters. The zero-order valence-corrected chi connectivity index (χ0v) is 15.6. The number of anilines is 1. The Morgan fingerprint density at radius 2 is 2.12 bits per heavy atom. The monoisotopic (exact) mass is 419 g/mol. The topological polar surface area (TPSA) is 99.8 Å². The smallest absolute Gasteiger partial charge is 0.261 e. The summed E-state index contributed by atoms with van der Waals surface area (Å²) in [6.07, 6.45) is 0. The Kier molecular flexibility index (Phi) is 5.25. The van der Waals surface area contributed by atoms with Gasteiger partial charge in [0, 0.05) is 11.3 Å². The molecule has 0 saturated carbocycles. The molecule has 0 aliphatic heterocycles. The molecule has 0 radical (unpaired) electrons. The molecule has 0 aliphatic carbocycles. The third-order valence-corrected chi connectivity index (χ3v) is 4.83. The highest BCUT2D eigenvalue weighted by atomic mass is 79.9. The zero-order valence-electron chi connectivity index (χ0n) is 13.2. The summed E-state index contributed by atoms with van der Waals surface area (Å²) in [7, 11) is 0. The molecule has 25 heavy (non-hydrogen) atoms. The molecule has 0 saturated heterocycles. The average Bonchev–Trinajstić information content (AvgIpc) is 3.21. The van der Waals surface area contributed by atoms with Crippen LogP contribution in [-0.4, -0.2) is 33.5 Å². The van der Waals surface area contributed by atoms with E-state index in [1.807, 2.05) is 13.0 Å². The lowest BCUT2D eigenvalue weighted by atomic mass is 10.2. The van der Waals surface area contributed by atoms with Crippen LogP contribution in [0.15, 0.2) is 40.2 Å². The summed E-state index contributed by atoms with van der Waals surface area (Å²) in [4.78, 5) is 28.8. The standard InChI is InChI=1S/C16H14BrN5O2S/c1-9-19-15(22-21-9)10-3-2-4-11(7-10)20-14(23)8-18-16(24)12-5-6-13(17)25-12/h2-7H,8H2,1H3,(H,18,24)(H,20,23)(H,19,21,22). The van der Waals surface area contributed by atoms with E-state index in [4.69, 9.17) is 0 Å². The molecule has 3 N–H and O–H groups in total. The molecule has 2 heterocycles. The number of aromatic nitrogens is 3. The van der Waals surface area contributed by atoms with Crippen LogP contribution >= 0.6 is 27.3 Å². The summed E-state index contributed by atoms with van der Waals surface area (Å²) in [5.74, 6) is 0.681. The molecule has 0 atom stereocenters. The summed E-state index contributed by atoms with van der Waals surface area (Å²) in [5.41, 5.74) is 1.40. The first kappa shape index (κ1) is 17.3. The molecule has 3 aromatic rings. The first-order valence-electron chi connectivity index (χ1n) is 7.34. The van der Waals surface area contributed by atoms with Gasteiger partial charge in [0.05, 0.1) is 15.2 Å². The van der Waals surface area contributed by atoms with E-state index in [9.17, 15) is 9.59 Å². The van der Waals surface area contributed by atoms with E-state index in [2.05, 4.69) is 41.7 Å². The third-order valence-electron chi connectivity index (χ3n) is 3.21. The molecule has 3 rings (SSSR count). The van der Waals surface area contributed by atoms with Gasteiger partial charge in [-0.25, -0.2) is 4.98 Å². The van der Waals surface area contributed by atoms with Gasteiger partial charge in [-0.15, -0.1) is 11.3 Å². The van der Waals surface area contributed by atoms with Gasteiger partial charge in [-0.1, -0.05) is 12.1 Å². The molecule has 2 aromatic heterocycles. The van der Waals surface area contributed by atoms with E-state index in [1.54, 1.807) is 30.3 Å². The minimum absolute atomic E-state index is 0.113. The molecular weight excluding hydrogens is 406 g/mol. The number of nitrogens with zero attached hydrogens (tertiary/aromatic N) is 2. The Morgan fingerprint density at radius 1 is 1.28 bits per heavy atom. The lowest BCUT2D eigenvalue weighted by molar-refractivity contribution is -0.115. The van der Waals surface area contributed by atoms with Gasteiger partial charge < -0.3 is 10.6 Å². The first-order valence-corrected chi connectivity index (χ1v) is 8.95. The van der Waals surface area contributed by atoms with Crippen LogP contribution in [0.4, 0.5) is 5.69 Å². The summed E-state index contributed by atoms with van der Waals surface area (Å²) in [6, 6.07) is 10.7. The number of thiophene rings is 1. The first-order chi connectivity index (χ1) is 12.0. The van der Waals surface area contributed by atoms with Crippen LogP contribution in [-0.2, 0) is 4.79 Å². The van der Waals surface area contributed by atoms with E-state index in [-0.39, 0.29) is 18.4 Å². The van der Waals surface area contributed by atoms with Crippen molar-refractivity contribution in [3.05, 3.63) is 50.9 Å². The Labute approximate surface area is 156 Å². The van der Waals surface area contributed by atoms with Gasteiger partial charge in [-0.2, -0.15) is 5.10 Å². The van der Waals surface area contributed by atoms with Gasteiger partial charge in [0.1, 0.15) is 5.82 Å². The minimum Gasteiger partial charge on any atom is -0.342 e. The third kappa shape index (κ3) is 4.52. The summed E-state index contributed by atoms with van der Waals surface area (Å²) < 4.78 is 0.862. The van der Waals surface area contributed by atoms with Crippen molar-refractivity contribution in [3.63, 3.8) is 0 Å². The summed E-state index contributed by atoms with van der Waals surface area (Å²) >= 11 is 4.61. The maximum absolute atomic E-state index is 12.0. The number of carbonyl (C=O) groups is 2. The molecule has 7 nitrogen and oxygen atoms in total. The number of aryl methyl sites for hydroxylation is 1. The number of aromatic amines is 1. The molecule has 0 fully saturated rings. The molecular formula is C16H14BrN5O2S. The zero-order chi connectivity index (χ0) is 17.8. The summed E-state index contributed by atoms with van der Waals surface area (Å²) in [5, 5.41) is 12.2. The quantitative estimate of drug-likeness (QED) is 0.591. The van der Waals surface area contributed by atoms with Crippen molar-refractivity contribution in [1.29, 1.82) is 0 Å². The second kappa shape index (κ2) is 7.58. The predicted octanol–water partition coefficient (Wildman–Crippen LogP) is 2.97. The molecule has 2 amide bonds. The van der Waals surface area contributed by atoms with Crippen molar-refractivity contribution >= 4 is 44.8 Å². The normalized spacial score (nSPS) is 10.5. The Morgan fingerprint density at radius 3 is 2.80 bits per heavy atom. The highest BCUT2D eigenvalue weighted by Crippen LogP contribution is 2.22. The van der Waals surface area contributed by atoms with Crippen molar-refractivity contribution in [2.75, 3.05) is 11.9 Å².